The number of hydrogen-bond donors (Lipinski definition) is 1. The zero-order valence-corrected chi connectivity index (χ0v) is 11.8. The molecule has 0 spiro atoms. The smallest absolute Gasteiger partial charge is 0.219 e. The molecule has 0 bridgehead atoms. The molecule has 1 heterocycles. The van der Waals surface area contributed by atoms with E-state index >= 15 is 0 Å². The highest BCUT2D eigenvalue weighted by Crippen LogP contribution is 2.34. The van der Waals surface area contributed by atoms with Gasteiger partial charge in [-0.05, 0) is 29.7 Å². The molecule has 0 radical (unpaired) electrons. The number of nitrogens with two attached hydrogens (primary N) is 1. The lowest BCUT2D eigenvalue weighted by molar-refractivity contribution is 0.440. The Labute approximate surface area is 118 Å². The van der Waals surface area contributed by atoms with E-state index in [1.54, 1.807) is 30.5 Å². The summed E-state index contributed by atoms with van der Waals surface area (Å²) >= 11 is 0. The summed E-state index contributed by atoms with van der Waals surface area (Å²) < 4.78 is 5.81. The number of rotatable bonds is 2. The van der Waals surface area contributed by atoms with Crippen LogP contribution >= 0.6 is 0 Å². The largest absolute Gasteiger partial charge is 0.439 e. The fourth-order valence-corrected chi connectivity index (χ4v) is 1.84. The topological polar surface area (TPSA) is 71.9 Å². The van der Waals surface area contributed by atoms with Gasteiger partial charge in [-0.2, -0.15) is 5.26 Å². The molecule has 20 heavy (non-hydrogen) atoms. The number of anilines is 1. The average Bonchev–Trinajstić information content (AvgIpc) is 2.40. The molecule has 4 heteroatoms. The second-order valence-corrected chi connectivity index (χ2v) is 5.60. The highest BCUT2D eigenvalue weighted by atomic mass is 16.5. The van der Waals surface area contributed by atoms with Crippen LogP contribution in [0, 0.1) is 11.3 Å². The number of aromatic nitrogens is 1. The monoisotopic (exact) mass is 267 g/mol. The number of nitrogen functional groups attached to an aromatic ring is 1. The summed E-state index contributed by atoms with van der Waals surface area (Å²) in [6.07, 6.45) is 1.55. The minimum Gasteiger partial charge on any atom is -0.439 e. The van der Waals surface area contributed by atoms with Crippen molar-refractivity contribution in [3.05, 3.63) is 47.7 Å². The third-order valence-electron chi connectivity index (χ3n) is 2.89. The minimum atomic E-state index is -0.129. The molecule has 102 valence electrons. The zero-order valence-electron chi connectivity index (χ0n) is 11.8. The van der Waals surface area contributed by atoms with Gasteiger partial charge >= 0.3 is 0 Å². The van der Waals surface area contributed by atoms with Gasteiger partial charge in [-0.15, -0.1) is 0 Å². The maximum absolute atomic E-state index is 9.02. The number of pyridine rings is 1. The van der Waals surface area contributed by atoms with Crippen LogP contribution in [0.5, 0.6) is 11.6 Å². The molecule has 0 saturated carbocycles. The molecule has 2 N–H and O–H groups in total. The number of benzene rings is 1. The van der Waals surface area contributed by atoms with Gasteiger partial charge in [0.05, 0.1) is 23.5 Å². The third-order valence-corrected chi connectivity index (χ3v) is 2.89. The maximum Gasteiger partial charge on any atom is 0.219 e. The normalized spacial score (nSPS) is 10.9. The van der Waals surface area contributed by atoms with E-state index in [1.165, 1.54) is 0 Å². The van der Waals surface area contributed by atoms with E-state index in [0.29, 0.717) is 22.9 Å². The van der Waals surface area contributed by atoms with Crippen LogP contribution in [-0.4, -0.2) is 4.98 Å². The van der Waals surface area contributed by atoms with Gasteiger partial charge in [0, 0.05) is 11.6 Å². The molecule has 2 rings (SSSR count). The van der Waals surface area contributed by atoms with Crippen LogP contribution in [0.15, 0.2) is 36.5 Å². The number of ether oxygens (including phenoxy) is 1. The van der Waals surface area contributed by atoms with Crippen molar-refractivity contribution in [3.8, 4) is 17.7 Å². The molecule has 0 aliphatic heterocycles. The fraction of sp³-hybridized carbons (Fsp3) is 0.250. The van der Waals surface area contributed by atoms with Gasteiger partial charge in [0.2, 0.25) is 5.88 Å². The second kappa shape index (κ2) is 5.22. The maximum atomic E-state index is 9.02. The van der Waals surface area contributed by atoms with Crippen LogP contribution < -0.4 is 10.5 Å². The second-order valence-electron chi connectivity index (χ2n) is 5.60. The van der Waals surface area contributed by atoms with Crippen molar-refractivity contribution < 1.29 is 4.74 Å². The SMILES string of the molecule is CC(C)(C)c1cc(C#N)ccc1Oc1ccc(N)cn1. The van der Waals surface area contributed by atoms with E-state index in [1.807, 2.05) is 6.07 Å². The Morgan fingerprint density at radius 1 is 1.20 bits per heavy atom. The van der Waals surface area contributed by atoms with E-state index in [9.17, 15) is 0 Å². The third kappa shape index (κ3) is 3.07. The molecule has 0 fully saturated rings. The van der Waals surface area contributed by atoms with Crippen LogP contribution in [-0.2, 0) is 5.41 Å². The molecule has 0 unspecified atom stereocenters. The predicted octanol–water partition coefficient (Wildman–Crippen LogP) is 3.63. The Kier molecular flexibility index (Phi) is 3.62. The summed E-state index contributed by atoms with van der Waals surface area (Å²) in [7, 11) is 0. The molecule has 4 nitrogen and oxygen atoms in total. The van der Waals surface area contributed by atoms with Crippen molar-refractivity contribution in [1.82, 2.24) is 4.98 Å². The summed E-state index contributed by atoms with van der Waals surface area (Å²) in [5.41, 5.74) is 7.65. The molecule has 0 saturated heterocycles. The summed E-state index contributed by atoms with van der Waals surface area (Å²) in [4.78, 5) is 4.13. The van der Waals surface area contributed by atoms with E-state index in [4.69, 9.17) is 15.7 Å². The first kappa shape index (κ1) is 13.9. The number of nitrogens with zero attached hydrogens (tertiary/aromatic N) is 2. The summed E-state index contributed by atoms with van der Waals surface area (Å²) in [5.74, 6) is 1.18. The van der Waals surface area contributed by atoms with Crippen molar-refractivity contribution in [2.24, 2.45) is 0 Å². The molecular formula is C16H17N3O. The van der Waals surface area contributed by atoms with Gasteiger partial charge in [-0.25, -0.2) is 4.98 Å². The Balaban J connectivity index is 2.41. The van der Waals surface area contributed by atoms with Crippen LogP contribution in [0.4, 0.5) is 5.69 Å². The Hall–Kier alpha value is -2.54. The molecule has 1 aromatic carbocycles. The van der Waals surface area contributed by atoms with Gasteiger partial charge in [-0.3, -0.25) is 0 Å². The van der Waals surface area contributed by atoms with E-state index < -0.39 is 0 Å². The summed E-state index contributed by atoms with van der Waals surface area (Å²) in [6.45, 7) is 6.23. The van der Waals surface area contributed by atoms with E-state index in [2.05, 4.69) is 31.8 Å². The summed E-state index contributed by atoms with van der Waals surface area (Å²) in [5, 5.41) is 9.02. The molecule has 0 aliphatic rings. The van der Waals surface area contributed by atoms with Crippen molar-refractivity contribution in [2.75, 3.05) is 5.73 Å². The van der Waals surface area contributed by atoms with Crippen molar-refractivity contribution >= 4 is 5.69 Å². The predicted molar refractivity (Wildman–Crippen MR) is 78.6 cm³/mol. The number of hydrogen-bond acceptors (Lipinski definition) is 4. The first-order valence-electron chi connectivity index (χ1n) is 6.34. The Morgan fingerprint density at radius 2 is 1.95 bits per heavy atom. The zero-order chi connectivity index (χ0) is 14.8. The molecule has 0 aliphatic carbocycles. The molecule has 2 aromatic rings. The van der Waals surface area contributed by atoms with Gasteiger partial charge in [0.1, 0.15) is 5.75 Å². The van der Waals surface area contributed by atoms with Crippen molar-refractivity contribution in [1.29, 1.82) is 5.26 Å². The van der Waals surface area contributed by atoms with Crippen LogP contribution in [0.3, 0.4) is 0 Å². The van der Waals surface area contributed by atoms with E-state index in [-0.39, 0.29) is 5.41 Å². The highest BCUT2D eigenvalue weighted by Gasteiger charge is 2.20. The standard InChI is InChI=1S/C16H17N3O/c1-16(2,3)13-8-11(9-17)4-6-14(13)20-15-7-5-12(18)10-19-15/h4-8,10H,18H2,1-3H3. The lowest BCUT2D eigenvalue weighted by Crippen LogP contribution is -2.13. The fourth-order valence-electron chi connectivity index (χ4n) is 1.84. The van der Waals surface area contributed by atoms with Gasteiger partial charge < -0.3 is 10.5 Å². The lowest BCUT2D eigenvalue weighted by Gasteiger charge is -2.22. The first-order valence-corrected chi connectivity index (χ1v) is 6.34. The lowest BCUT2D eigenvalue weighted by atomic mass is 9.85. The van der Waals surface area contributed by atoms with Crippen molar-refractivity contribution in [3.63, 3.8) is 0 Å². The van der Waals surface area contributed by atoms with Crippen LogP contribution in [0.2, 0.25) is 0 Å². The molecular weight excluding hydrogens is 250 g/mol. The van der Waals surface area contributed by atoms with Crippen LogP contribution in [0.1, 0.15) is 31.9 Å². The first-order chi connectivity index (χ1) is 9.40. The number of nitriles is 1. The Morgan fingerprint density at radius 3 is 2.50 bits per heavy atom. The van der Waals surface area contributed by atoms with Gasteiger partial charge in [0.15, 0.2) is 0 Å². The van der Waals surface area contributed by atoms with Crippen molar-refractivity contribution in [2.45, 2.75) is 26.2 Å². The van der Waals surface area contributed by atoms with Crippen LogP contribution in [0.25, 0.3) is 0 Å². The van der Waals surface area contributed by atoms with Gasteiger partial charge in [0.25, 0.3) is 0 Å². The molecule has 1 aromatic heterocycles. The highest BCUT2D eigenvalue weighted by molar-refractivity contribution is 5.47. The Bertz CT molecular complexity index is 649. The average molecular weight is 267 g/mol. The molecule has 0 amide bonds. The quantitative estimate of drug-likeness (QED) is 0.901. The van der Waals surface area contributed by atoms with Gasteiger partial charge in [-0.1, -0.05) is 20.8 Å². The summed E-state index contributed by atoms with van der Waals surface area (Å²) in [6, 6.07) is 11.0. The van der Waals surface area contributed by atoms with E-state index in [0.717, 1.165) is 5.56 Å². The minimum absolute atomic E-state index is 0.129. The molecule has 0 atom stereocenters.